The standard InChI is InChI=1S/C22H27N3O/c1-24(2)19-11-9-17(10-12-19)21(15-23-22(26)18-7-8-18)25-14-13-16-5-3-4-6-20(16)25/h3-6,9-12,18,21H,7-8,13-15H2,1-2H3,(H,23,26)/t21-/m1/s1. The average Bonchev–Trinajstić information content (AvgIpc) is 3.43. The van der Waals surface area contributed by atoms with Crippen molar-refractivity contribution in [1.82, 2.24) is 5.32 Å². The molecule has 0 saturated heterocycles. The lowest BCUT2D eigenvalue weighted by atomic mass is 10.0. The predicted octanol–water partition coefficient (Wildman–Crippen LogP) is 3.38. The third kappa shape index (κ3) is 3.41. The second kappa shape index (κ2) is 7.02. The smallest absolute Gasteiger partial charge is 0.223 e. The SMILES string of the molecule is CN(C)c1ccc([C@@H](CNC(=O)C2CC2)N2CCc3ccccc32)cc1. The maximum atomic E-state index is 12.2. The van der Waals surface area contributed by atoms with Crippen LogP contribution >= 0.6 is 0 Å². The van der Waals surface area contributed by atoms with Crippen molar-refractivity contribution in [2.45, 2.75) is 25.3 Å². The molecule has 2 aliphatic rings. The van der Waals surface area contributed by atoms with Crippen LogP contribution in [0, 0.1) is 5.92 Å². The lowest BCUT2D eigenvalue weighted by Crippen LogP contribution is -2.38. The number of anilines is 2. The number of fused-ring (bicyclic) bond motifs is 1. The number of nitrogens with one attached hydrogen (secondary N) is 1. The Kier molecular flexibility index (Phi) is 4.58. The van der Waals surface area contributed by atoms with Gasteiger partial charge >= 0.3 is 0 Å². The number of hydrogen-bond donors (Lipinski definition) is 1. The zero-order chi connectivity index (χ0) is 18.1. The monoisotopic (exact) mass is 349 g/mol. The van der Waals surface area contributed by atoms with Gasteiger partial charge in [0, 0.05) is 44.5 Å². The fourth-order valence-corrected chi connectivity index (χ4v) is 3.78. The van der Waals surface area contributed by atoms with Gasteiger partial charge in [0.15, 0.2) is 0 Å². The molecule has 1 aliphatic carbocycles. The van der Waals surface area contributed by atoms with E-state index in [9.17, 15) is 4.79 Å². The second-order valence-electron chi connectivity index (χ2n) is 7.59. The van der Waals surface area contributed by atoms with Crippen molar-refractivity contribution in [2.75, 3.05) is 37.0 Å². The Morgan fingerprint density at radius 2 is 1.88 bits per heavy atom. The Morgan fingerprint density at radius 1 is 1.15 bits per heavy atom. The Hall–Kier alpha value is -2.49. The molecule has 26 heavy (non-hydrogen) atoms. The number of carbonyl (C=O) groups excluding carboxylic acids is 1. The summed E-state index contributed by atoms with van der Waals surface area (Å²) in [6.07, 6.45) is 3.15. The third-order valence-corrected chi connectivity index (χ3v) is 5.51. The van der Waals surface area contributed by atoms with Gasteiger partial charge in [-0.2, -0.15) is 0 Å². The van der Waals surface area contributed by atoms with Crippen LogP contribution in [-0.4, -0.2) is 33.1 Å². The Bertz CT molecular complexity index is 780. The predicted molar refractivity (Wildman–Crippen MR) is 107 cm³/mol. The van der Waals surface area contributed by atoms with Gasteiger partial charge in [0.05, 0.1) is 6.04 Å². The molecule has 1 amide bonds. The summed E-state index contributed by atoms with van der Waals surface area (Å²) in [5.41, 5.74) is 5.14. The van der Waals surface area contributed by atoms with Crippen molar-refractivity contribution in [2.24, 2.45) is 5.92 Å². The minimum Gasteiger partial charge on any atom is -0.378 e. The summed E-state index contributed by atoms with van der Waals surface area (Å²) >= 11 is 0. The molecule has 2 aromatic rings. The third-order valence-electron chi connectivity index (χ3n) is 5.51. The van der Waals surface area contributed by atoms with E-state index in [2.05, 4.69) is 77.7 Å². The molecule has 1 atom stereocenters. The first-order valence-electron chi connectivity index (χ1n) is 9.53. The summed E-state index contributed by atoms with van der Waals surface area (Å²) in [7, 11) is 4.11. The normalized spacial score (nSPS) is 16.9. The molecule has 0 unspecified atom stereocenters. The fourth-order valence-electron chi connectivity index (χ4n) is 3.78. The number of amides is 1. The van der Waals surface area contributed by atoms with Crippen LogP contribution in [0.4, 0.5) is 11.4 Å². The van der Waals surface area contributed by atoms with Crippen LogP contribution in [0.2, 0.25) is 0 Å². The number of carbonyl (C=O) groups is 1. The quantitative estimate of drug-likeness (QED) is 0.868. The number of hydrogen-bond acceptors (Lipinski definition) is 3. The second-order valence-corrected chi connectivity index (χ2v) is 7.59. The highest BCUT2D eigenvalue weighted by Gasteiger charge is 2.32. The molecule has 4 heteroatoms. The highest BCUT2D eigenvalue weighted by molar-refractivity contribution is 5.81. The maximum absolute atomic E-state index is 12.2. The van der Waals surface area contributed by atoms with Gasteiger partial charge in [-0.1, -0.05) is 30.3 Å². The minimum atomic E-state index is 0.164. The van der Waals surface area contributed by atoms with E-state index < -0.39 is 0 Å². The number of benzene rings is 2. The van der Waals surface area contributed by atoms with Crippen LogP contribution in [0.5, 0.6) is 0 Å². The Morgan fingerprint density at radius 3 is 2.58 bits per heavy atom. The van der Waals surface area contributed by atoms with E-state index in [1.807, 2.05) is 0 Å². The van der Waals surface area contributed by atoms with Gasteiger partial charge in [-0.15, -0.1) is 0 Å². The van der Waals surface area contributed by atoms with Gasteiger partial charge in [-0.3, -0.25) is 4.79 Å². The molecule has 2 aromatic carbocycles. The summed E-state index contributed by atoms with van der Waals surface area (Å²) in [5, 5.41) is 3.20. The van der Waals surface area contributed by atoms with E-state index >= 15 is 0 Å². The molecular weight excluding hydrogens is 322 g/mol. The van der Waals surface area contributed by atoms with E-state index in [-0.39, 0.29) is 17.9 Å². The zero-order valence-electron chi connectivity index (χ0n) is 15.6. The molecule has 0 spiro atoms. The largest absolute Gasteiger partial charge is 0.378 e. The first kappa shape index (κ1) is 17.0. The molecule has 0 bridgehead atoms. The van der Waals surface area contributed by atoms with Crippen LogP contribution in [0.15, 0.2) is 48.5 Å². The fraction of sp³-hybridized carbons (Fsp3) is 0.409. The van der Waals surface area contributed by atoms with Crippen LogP contribution in [0.3, 0.4) is 0 Å². The minimum absolute atomic E-state index is 0.164. The van der Waals surface area contributed by atoms with Crippen LogP contribution in [-0.2, 0) is 11.2 Å². The van der Waals surface area contributed by atoms with Crippen molar-refractivity contribution < 1.29 is 4.79 Å². The summed E-state index contributed by atoms with van der Waals surface area (Å²) < 4.78 is 0. The van der Waals surface area contributed by atoms with Crippen LogP contribution in [0.1, 0.15) is 30.0 Å². The zero-order valence-corrected chi connectivity index (χ0v) is 15.6. The van der Waals surface area contributed by atoms with E-state index in [0.717, 1.165) is 25.8 Å². The Labute approximate surface area is 155 Å². The van der Waals surface area contributed by atoms with Gasteiger partial charge in [0.25, 0.3) is 0 Å². The molecule has 1 N–H and O–H groups in total. The molecule has 0 radical (unpaired) electrons. The molecule has 0 aromatic heterocycles. The first-order valence-corrected chi connectivity index (χ1v) is 9.53. The number of rotatable bonds is 6. The lowest BCUT2D eigenvalue weighted by Gasteiger charge is -2.31. The molecule has 1 heterocycles. The van der Waals surface area contributed by atoms with Gasteiger partial charge in [-0.25, -0.2) is 0 Å². The molecule has 1 aliphatic heterocycles. The summed E-state index contributed by atoms with van der Waals surface area (Å²) in [6.45, 7) is 1.66. The lowest BCUT2D eigenvalue weighted by molar-refractivity contribution is -0.122. The van der Waals surface area contributed by atoms with Crippen LogP contribution in [0.25, 0.3) is 0 Å². The highest BCUT2D eigenvalue weighted by atomic mass is 16.2. The maximum Gasteiger partial charge on any atom is 0.223 e. The van der Waals surface area contributed by atoms with E-state index in [0.29, 0.717) is 6.54 Å². The van der Waals surface area contributed by atoms with Crippen molar-refractivity contribution >= 4 is 17.3 Å². The molecule has 4 nitrogen and oxygen atoms in total. The average molecular weight is 349 g/mol. The molecule has 1 fully saturated rings. The van der Waals surface area contributed by atoms with Crippen molar-refractivity contribution in [3.05, 3.63) is 59.7 Å². The first-order chi connectivity index (χ1) is 12.6. The van der Waals surface area contributed by atoms with Gasteiger partial charge in [0.2, 0.25) is 5.91 Å². The summed E-state index contributed by atoms with van der Waals surface area (Å²) in [5.74, 6) is 0.463. The van der Waals surface area contributed by atoms with Crippen molar-refractivity contribution in [3.8, 4) is 0 Å². The van der Waals surface area contributed by atoms with Gasteiger partial charge in [-0.05, 0) is 48.6 Å². The van der Waals surface area contributed by atoms with E-state index in [1.54, 1.807) is 0 Å². The van der Waals surface area contributed by atoms with Gasteiger partial charge in [0.1, 0.15) is 0 Å². The van der Waals surface area contributed by atoms with Crippen molar-refractivity contribution in [1.29, 1.82) is 0 Å². The number of para-hydroxylation sites is 1. The van der Waals surface area contributed by atoms with Crippen LogP contribution < -0.4 is 15.1 Å². The molecular formula is C22H27N3O. The van der Waals surface area contributed by atoms with Gasteiger partial charge < -0.3 is 15.1 Å². The topological polar surface area (TPSA) is 35.6 Å². The van der Waals surface area contributed by atoms with E-state index in [1.165, 1.54) is 22.5 Å². The van der Waals surface area contributed by atoms with Crippen molar-refractivity contribution in [3.63, 3.8) is 0 Å². The molecule has 4 rings (SSSR count). The summed E-state index contributed by atoms with van der Waals surface area (Å²) in [6, 6.07) is 17.5. The Balaban J connectivity index is 1.59. The molecule has 136 valence electrons. The highest BCUT2D eigenvalue weighted by Crippen LogP contribution is 2.35. The molecule has 1 saturated carbocycles. The number of nitrogens with zero attached hydrogens (tertiary/aromatic N) is 2. The van der Waals surface area contributed by atoms with E-state index in [4.69, 9.17) is 0 Å². The summed E-state index contributed by atoms with van der Waals surface area (Å²) in [4.78, 5) is 16.8.